The minimum atomic E-state index is 0. The summed E-state index contributed by atoms with van der Waals surface area (Å²) >= 11 is 0. The van der Waals surface area contributed by atoms with Crippen LogP contribution in [0.2, 0.25) is 0 Å². The van der Waals surface area contributed by atoms with Crippen LogP contribution in [0.1, 0.15) is 25.3 Å². The number of halogens is 1. The van der Waals surface area contributed by atoms with Crippen LogP contribution in [0, 0.1) is 0 Å². The van der Waals surface area contributed by atoms with Gasteiger partial charge in [-0.25, -0.2) is 0 Å². The molecule has 1 unspecified atom stereocenters. The van der Waals surface area contributed by atoms with Gasteiger partial charge in [0.2, 0.25) is 0 Å². The number of ether oxygens (including phenoxy) is 2. The van der Waals surface area contributed by atoms with Gasteiger partial charge in [-0.3, -0.25) is 4.90 Å². The van der Waals surface area contributed by atoms with Crippen LogP contribution in [-0.4, -0.2) is 49.9 Å². The van der Waals surface area contributed by atoms with Crippen LogP contribution in [0.25, 0.3) is 0 Å². The lowest BCUT2D eigenvalue weighted by Gasteiger charge is -2.33. The van der Waals surface area contributed by atoms with Gasteiger partial charge in [0.05, 0.1) is 6.10 Å². The van der Waals surface area contributed by atoms with E-state index in [0.717, 1.165) is 51.4 Å². The molecule has 3 rings (SSSR count). The summed E-state index contributed by atoms with van der Waals surface area (Å²) in [7, 11) is 0. The maximum Gasteiger partial charge on any atom is 0.119 e. The Hall–Kier alpha value is -0.810. The van der Waals surface area contributed by atoms with Crippen molar-refractivity contribution in [1.82, 2.24) is 10.2 Å². The lowest BCUT2D eigenvalue weighted by Crippen LogP contribution is -2.49. The minimum absolute atomic E-state index is 0. The Morgan fingerprint density at radius 1 is 1.32 bits per heavy atom. The Bertz CT molecular complexity index is 435. The highest BCUT2D eigenvalue weighted by Crippen LogP contribution is 2.18. The van der Waals surface area contributed by atoms with E-state index in [1.54, 1.807) is 0 Å². The summed E-state index contributed by atoms with van der Waals surface area (Å²) in [6.07, 6.45) is 2.57. The molecule has 0 saturated carbocycles. The first-order valence-electron chi connectivity index (χ1n) is 8.09. The molecule has 2 aliphatic rings. The largest absolute Gasteiger partial charge is 0.491 e. The second kappa shape index (κ2) is 8.73. The Morgan fingerprint density at radius 2 is 2.14 bits per heavy atom. The molecular weight excluding hydrogens is 300 g/mol. The highest BCUT2D eigenvalue weighted by molar-refractivity contribution is 5.85. The fourth-order valence-corrected chi connectivity index (χ4v) is 3.01. The van der Waals surface area contributed by atoms with E-state index < -0.39 is 0 Å². The summed E-state index contributed by atoms with van der Waals surface area (Å²) in [6.45, 7) is 8.16. The fraction of sp³-hybridized carbons (Fsp3) is 0.647. The van der Waals surface area contributed by atoms with Gasteiger partial charge in [-0.15, -0.1) is 12.4 Å². The van der Waals surface area contributed by atoms with Gasteiger partial charge in [-0.05, 0) is 37.5 Å². The summed E-state index contributed by atoms with van der Waals surface area (Å²) in [5.41, 5.74) is 1.35. The van der Waals surface area contributed by atoms with E-state index in [-0.39, 0.29) is 18.5 Å². The molecule has 0 spiro atoms. The third-order valence-corrected chi connectivity index (χ3v) is 4.41. The van der Waals surface area contributed by atoms with E-state index >= 15 is 0 Å². The molecule has 2 heterocycles. The number of hydrogen-bond acceptors (Lipinski definition) is 4. The van der Waals surface area contributed by atoms with Crippen LogP contribution >= 0.6 is 12.4 Å². The molecular formula is C17H27ClN2O2. The van der Waals surface area contributed by atoms with Crippen molar-refractivity contribution in [1.29, 1.82) is 0 Å². The van der Waals surface area contributed by atoms with E-state index in [1.165, 1.54) is 5.56 Å². The highest BCUT2D eigenvalue weighted by atomic mass is 35.5. The molecule has 5 heteroatoms. The number of nitrogens with one attached hydrogen (secondary N) is 1. The van der Waals surface area contributed by atoms with Crippen LogP contribution in [0.4, 0.5) is 0 Å². The first-order chi connectivity index (χ1) is 10.3. The Kier molecular flexibility index (Phi) is 6.96. The molecule has 1 N–H and O–H groups in total. The van der Waals surface area contributed by atoms with Crippen molar-refractivity contribution in [3.8, 4) is 5.75 Å². The maximum absolute atomic E-state index is 5.81. The second-order valence-corrected chi connectivity index (χ2v) is 6.11. The van der Waals surface area contributed by atoms with Crippen LogP contribution < -0.4 is 10.1 Å². The standard InChI is InChI=1S/C17H26N2O2.ClH/c1-14-11-18-8-9-19(14)12-15-4-6-16(7-5-15)21-13-17-3-2-10-20-17;/h4-7,14,17-18H,2-3,8-13H2,1H3;1H/t14-,17?;/m1./s1. The minimum Gasteiger partial charge on any atom is -0.491 e. The summed E-state index contributed by atoms with van der Waals surface area (Å²) in [5.74, 6) is 0.947. The van der Waals surface area contributed by atoms with Gasteiger partial charge in [-0.2, -0.15) is 0 Å². The first-order valence-corrected chi connectivity index (χ1v) is 8.09. The molecule has 1 aromatic carbocycles. The molecule has 2 atom stereocenters. The smallest absolute Gasteiger partial charge is 0.119 e. The Labute approximate surface area is 139 Å². The lowest BCUT2D eigenvalue weighted by atomic mass is 10.1. The Morgan fingerprint density at radius 3 is 2.82 bits per heavy atom. The van der Waals surface area contributed by atoms with Gasteiger partial charge in [0, 0.05) is 38.8 Å². The van der Waals surface area contributed by atoms with E-state index in [9.17, 15) is 0 Å². The molecule has 0 aromatic heterocycles. The van der Waals surface area contributed by atoms with Crippen molar-refractivity contribution in [2.45, 2.75) is 38.5 Å². The van der Waals surface area contributed by atoms with Gasteiger partial charge >= 0.3 is 0 Å². The van der Waals surface area contributed by atoms with E-state index in [2.05, 4.69) is 41.4 Å². The van der Waals surface area contributed by atoms with Crippen molar-refractivity contribution in [3.63, 3.8) is 0 Å². The predicted octanol–water partition coefficient (Wildman–Crippen LogP) is 2.46. The van der Waals surface area contributed by atoms with Crippen molar-refractivity contribution in [3.05, 3.63) is 29.8 Å². The predicted molar refractivity (Wildman–Crippen MR) is 90.9 cm³/mol. The number of benzene rings is 1. The van der Waals surface area contributed by atoms with Crippen LogP contribution in [0.5, 0.6) is 5.75 Å². The third-order valence-electron chi connectivity index (χ3n) is 4.41. The lowest BCUT2D eigenvalue weighted by molar-refractivity contribution is 0.0679. The second-order valence-electron chi connectivity index (χ2n) is 6.11. The number of nitrogens with zero attached hydrogens (tertiary/aromatic N) is 1. The van der Waals surface area contributed by atoms with Crippen LogP contribution in [-0.2, 0) is 11.3 Å². The van der Waals surface area contributed by atoms with Crippen molar-refractivity contribution in [2.75, 3.05) is 32.8 Å². The van der Waals surface area contributed by atoms with Gasteiger partial charge < -0.3 is 14.8 Å². The summed E-state index contributed by atoms with van der Waals surface area (Å²) in [6, 6.07) is 9.13. The van der Waals surface area contributed by atoms with E-state index in [4.69, 9.17) is 9.47 Å². The fourth-order valence-electron chi connectivity index (χ4n) is 3.01. The number of piperazine rings is 1. The molecule has 0 amide bonds. The summed E-state index contributed by atoms with van der Waals surface area (Å²) in [5, 5.41) is 3.43. The third kappa shape index (κ3) is 4.85. The number of hydrogen-bond donors (Lipinski definition) is 1. The average Bonchev–Trinajstić information content (AvgIpc) is 3.02. The molecule has 124 valence electrons. The molecule has 0 bridgehead atoms. The molecule has 0 aliphatic carbocycles. The summed E-state index contributed by atoms with van der Waals surface area (Å²) in [4.78, 5) is 2.53. The zero-order chi connectivity index (χ0) is 14.5. The topological polar surface area (TPSA) is 33.7 Å². The molecule has 0 radical (unpaired) electrons. The van der Waals surface area contributed by atoms with Crippen molar-refractivity contribution >= 4 is 12.4 Å². The van der Waals surface area contributed by atoms with Crippen molar-refractivity contribution in [2.24, 2.45) is 0 Å². The summed E-state index contributed by atoms with van der Waals surface area (Å²) < 4.78 is 11.4. The van der Waals surface area contributed by atoms with Gasteiger partial charge in [-0.1, -0.05) is 12.1 Å². The molecule has 2 fully saturated rings. The first kappa shape index (κ1) is 17.5. The van der Waals surface area contributed by atoms with E-state index in [0.29, 0.717) is 12.6 Å². The quantitative estimate of drug-likeness (QED) is 0.901. The SMILES string of the molecule is C[C@@H]1CNCCN1Cc1ccc(OCC2CCCO2)cc1.Cl. The van der Waals surface area contributed by atoms with Crippen molar-refractivity contribution < 1.29 is 9.47 Å². The molecule has 2 aliphatic heterocycles. The number of rotatable bonds is 5. The zero-order valence-electron chi connectivity index (χ0n) is 13.3. The Balaban J connectivity index is 0.00000176. The van der Waals surface area contributed by atoms with Gasteiger partial charge in [0.15, 0.2) is 0 Å². The van der Waals surface area contributed by atoms with Gasteiger partial charge in [0.1, 0.15) is 12.4 Å². The van der Waals surface area contributed by atoms with Gasteiger partial charge in [0.25, 0.3) is 0 Å². The molecule has 22 heavy (non-hydrogen) atoms. The highest BCUT2D eigenvalue weighted by Gasteiger charge is 2.18. The van der Waals surface area contributed by atoms with Crippen LogP contribution in [0.3, 0.4) is 0 Å². The van der Waals surface area contributed by atoms with E-state index in [1.807, 2.05) is 0 Å². The molecule has 1 aromatic rings. The molecule has 4 nitrogen and oxygen atoms in total. The normalized spacial score (nSPS) is 25.7. The monoisotopic (exact) mass is 326 g/mol. The zero-order valence-corrected chi connectivity index (χ0v) is 14.1. The molecule has 2 saturated heterocycles. The van der Waals surface area contributed by atoms with Crippen LogP contribution in [0.15, 0.2) is 24.3 Å². The average molecular weight is 327 g/mol. The maximum atomic E-state index is 5.81.